The number of carbonyl (C=O) groups excluding carboxylic acids is 1. The Balaban J connectivity index is 1.70. The lowest BCUT2D eigenvalue weighted by atomic mass is 10.1. The molecule has 8 nitrogen and oxygen atoms in total. The van der Waals surface area contributed by atoms with Crippen molar-refractivity contribution in [2.75, 3.05) is 36.5 Å². The first-order valence-electron chi connectivity index (χ1n) is 11.8. The normalized spacial score (nSPS) is 15.8. The Bertz CT molecular complexity index is 1220. The minimum atomic E-state index is -0.171. The van der Waals surface area contributed by atoms with Crippen LogP contribution in [0.25, 0.3) is 0 Å². The van der Waals surface area contributed by atoms with Gasteiger partial charge in [0.05, 0.1) is 12.8 Å². The first-order valence-corrected chi connectivity index (χ1v) is 11.8. The Morgan fingerprint density at radius 3 is 2.60 bits per heavy atom. The number of nitrogens with two attached hydrogens (primary N) is 1. The van der Waals surface area contributed by atoms with Crippen LogP contribution in [-0.4, -0.2) is 53.9 Å². The fourth-order valence-electron chi connectivity index (χ4n) is 4.71. The number of ether oxygens (including phenoxy) is 1. The van der Waals surface area contributed by atoms with Crippen molar-refractivity contribution in [1.29, 1.82) is 0 Å². The highest BCUT2D eigenvalue weighted by molar-refractivity contribution is 6.01. The minimum Gasteiger partial charge on any atom is -0.496 e. The van der Waals surface area contributed by atoms with Crippen LogP contribution in [0.2, 0.25) is 0 Å². The van der Waals surface area contributed by atoms with E-state index in [9.17, 15) is 10.0 Å². The van der Waals surface area contributed by atoms with E-state index in [2.05, 4.69) is 48.0 Å². The van der Waals surface area contributed by atoms with Crippen molar-refractivity contribution in [2.45, 2.75) is 33.7 Å². The quantitative estimate of drug-likeness (QED) is 0.542. The summed E-state index contributed by atoms with van der Waals surface area (Å²) in [5.41, 5.74) is 6.43. The molecule has 35 heavy (non-hydrogen) atoms. The second kappa shape index (κ2) is 10.3. The third kappa shape index (κ3) is 4.80. The zero-order valence-corrected chi connectivity index (χ0v) is 21.0. The number of urea groups is 1. The smallest absolute Gasteiger partial charge is 0.330 e. The number of anilines is 3. The highest BCUT2D eigenvalue weighted by Crippen LogP contribution is 2.36. The monoisotopic (exact) mass is 476 g/mol. The van der Waals surface area contributed by atoms with Crippen molar-refractivity contribution < 1.29 is 20.2 Å². The van der Waals surface area contributed by atoms with Crippen LogP contribution in [-0.2, 0) is 0 Å². The summed E-state index contributed by atoms with van der Waals surface area (Å²) in [5.74, 6) is 1.15. The molecule has 2 aromatic carbocycles. The van der Waals surface area contributed by atoms with Crippen LogP contribution in [0.1, 0.15) is 23.6 Å². The Kier molecular flexibility index (Phi) is 7.23. The number of amides is 2. The molecule has 1 atom stereocenters. The van der Waals surface area contributed by atoms with E-state index in [4.69, 9.17) is 4.74 Å². The second-order valence-electron chi connectivity index (χ2n) is 9.03. The maximum atomic E-state index is 14.1. The van der Waals surface area contributed by atoms with Crippen molar-refractivity contribution in [3.8, 4) is 5.75 Å². The predicted molar refractivity (Wildman–Crippen MR) is 137 cm³/mol. The number of methoxy groups -OCH3 is 1. The molecule has 2 amide bonds. The van der Waals surface area contributed by atoms with Crippen LogP contribution in [0.5, 0.6) is 5.75 Å². The zero-order valence-electron chi connectivity index (χ0n) is 21.0. The molecule has 0 aliphatic carbocycles. The van der Waals surface area contributed by atoms with E-state index in [1.165, 1.54) is 11.3 Å². The Labute approximate surface area is 206 Å². The molecular weight excluding hydrogens is 442 g/mol. The number of piperazine rings is 1. The molecule has 0 saturated carbocycles. The third-order valence-corrected chi connectivity index (χ3v) is 6.76. The van der Waals surface area contributed by atoms with E-state index >= 15 is 0 Å². The van der Waals surface area contributed by atoms with E-state index in [1.807, 2.05) is 30.9 Å². The largest absolute Gasteiger partial charge is 0.496 e. The number of aryl methyl sites for hydroxylation is 1. The summed E-state index contributed by atoms with van der Waals surface area (Å²) in [6.45, 7) is 10.1. The molecule has 0 spiro atoms. The van der Waals surface area contributed by atoms with Gasteiger partial charge in [0.25, 0.3) is 0 Å². The molecule has 2 heterocycles. The van der Waals surface area contributed by atoms with Crippen LogP contribution in [0.15, 0.2) is 54.7 Å². The highest BCUT2D eigenvalue weighted by atomic mass is 16.5. The Morgan fingerprint density at radius 1 is 1.11 bits per heavy atom. The van der Waals surface area contributed by atoms with Gasteiger partial charge in [0.2, 0.25) is 11.5 Å². The van der Waals surface area contributed by atoms with E-state index < -0.39 is 0 Å². The summed E-state index contributed by atoms with van der Waals surface area (Å²) >= 11 is 0. The van der Waals surface area contributed by atoms with Gasteiger partial charge < -0.3 is 14.5 Å². The van der Waals surface area contributed by atoms with Crippen LogP contribution in [0.3, 0.4) is 0 Å². The topological polar surface area (TPSA) is 85.8 Å². The van der Waals surface area contributed by atoms with Gasteiger partial charge in [-0.2, -0.15) is 5.48 Å². The number of benzene rings is 2. The molecule has 0 radical (unpaired) electrons. The molecule has 1 fully saturated rings. The van der Waals surface area contributed by atoms with Crippen molar-refractivity contribution in [2.24, 2.45) is 0 Å². The first kappa shape index (κ1) is 24.5. The summed E-state index contributed by atoms with van der Waals surface area (Å²) < 4.78 is 5.48. The molecule has 3 aromatic rings. The van der Waals surface area contributed by atoms with Gasteiger partial charge in [-0.05, 0) is 74.7 Å². The number of hydrogen-bond acceptors (Lipinski definition) is 5. The number of quaternary nitrogens is 1. The predicted octanol–water partition coefficient (Wildman–Crippen LogP) is 4.07. The average molecular weight is 477 g/mol. The lowest BCUT2D eigenvalue weighted by Crippen LogP contribution is -2.74. The molecule has 1 aliphatic rings. The van der Waals surface area contributed by atoms with Crippen LogP contribution < -0.4 is 20.0 Å². The van der Waals surface area contributed by atoms with Gasteiger partial charge in [0, 0.05) is 43.6 Å². The van der Waals surface area contributed by atoms with Gasteiger partial charge >= 0.3 is 6.03 Å². The van der Waals surface area contributed by atoms with Gasteiger partial charge in [-0.25, -0.2) is 19.9 Å². The highest BCUT2D eigenvalue weighted by Gasteiger charge is 2.34. The van der Waals surface area contributed by atoms with Crippen molar-refractivity contribution in [3.05, 3.63) is 71.4 Å². The summed E-state index contributed by atoms with van der Waals surface area (Å²) in [4.78, 5) is 24.4. The van der Waals surface area contributed by atoms with Crippen LogP contribution in [0, 0.1) is 20.8 Å². The minimum absolute atomic E-state index is 0.141. The molecule has 1 saturated heterocycles. The lowest BCUT2D eigenvalue weighted by Gasteiger charge is -2.42. The SMILES string of the molecule is COc1ccc(N(C(=O)N2CCN(c3cccc(C)c3)C(C)C2)c2ncccc2[NH2+]O)c(C)c1C. The molecule has 0 bridgehead atoms. The molecule has 4 rings (SSSR count). The molecule has 1 aromatic heterocycles. The molecule has 8 heteroatoms. The lowest BCUT2D eigenvalue weighted by molar-refractivity contribution is -0.825. The molecular formula is C27H34N5O3+. The summed E-state index contributed by atoms with van der Waals surface area (Å²) in [5, 5.41) is 9.89. The van der Waals surface area contributed by atoms with Crippen LogP contribution in [0.4, 0.5) is 27.7 Å². The van der Waals surface area contributed by atoms with Gasteiger partial charge in [-0.1, -0.05) is 12.1 Å². The van der Waals surface area contributed by atoms with E-state index in [-0.39, 0.29) is 12.1 Å². The van der Waals surface area contributed by atoms with Crippen molar-refractivity contribution in [1.82, 2.24) is 9.88 Å². The average Bonchev–Trinajstić information content (AvgIpc) is 2.87. The van der Waals surface area contributed by atoms with E-state index in [0.29, 0.717) is 30.3 Å². The fraction of sp³-hybridized carbons (Fsp3) is 0.333. The zero-order chi connectivity index (χ0) is 25.1. The van der Waals surface area contributed by atoms with Crippen LogP contribution >= 0.6 is 0 Å². The first-order chi connectivity index (χ1) is 16.8. The maximum Gasteiger partial charge on any atom is 0.330 e. The van der Waals surface area contributed by atoms with Gasteiger partial charge in [-0.15, -0.1) is 0 Å². The summed E-state index contributed by atoms with van der Waals surface area (Å²) in [6, 6.07) is 15.7. The Hall–Kier alpha value is -3.62. The van der Waals surface area contributed by atoms with Crippen molar-refractivity contribution in [3.63, 3.8) is 0 Å². The number of aromatic nitrogens is 1. The number of carbonyl (C=O) groups is 1. The number of hydrogen-bond donors (Lipinski definition) is 2. The maximum absolute atomic E-state index is 14.1. The van der Waals surface area contributed by atoms with Gasteiger partial charge in [-0.3, -0.25) is 0 Å². The summed E-state index contributed by atoms with van der Waals surface area (Å²) in [7, 11) is 1.64. The number of rotatable bonds is 5. The van der Waals surface area contributed by atoms with E-state index in [0.717, 1.165) is 28.9 Å². The molecule has 184 valence electrons. The third-order valence-electron chi connectivity index (χ3n) is 6.76. The van der Waals surface area contributed by atoms with Crippen molar-refractivity contribution >= 4 is 28.9 Å². The summed E-state index contributed by atoms with van der Waals surface area (Å²) in [6.07, 6.45) is 1.63. The second-order valence-corrected chi connectivity index (χ2v) is 9.03. The standard InChI is InChI=1S/C27H33N5O3/c1-18-8-6-9-22(16-18)31-15-14-30(17-19(31)2)27(33)32(26-23(29-34)10-7-13-28-26)24-11-12-25(35-5)21(4)20(24)3/h6-13,16,19,29,34H,14-15,17H2,1-5H3/p+1. The number of pyridine rings is 1. The molecule has 3 N–H and O–H groups in total. The van der Waals surface area contributed by atoms with Gasteiger partial charge in [0.15, 0.2) is 0 Å². The number of nitrogens with zero attached hydrogens (tertiary/aromatic N) is 4. The van der Waals surface area contributed by atoms with E-state index in [1.54, 1.807) is 30.3 Å². The molecule has 1 unspecified atom stereocenters. The fourth-order valence-corrected chi connectivity index (χ4v) is 4.71. The molecule has 1 aliphatic heterocycles. The van der Waals surface area contributed by atoms with Gasteiger partial charge in [0.1, 0.15) is 5.75 Å². The Morgan fingerprint density at radius 2 is 1.91 bits per heavy atom.